The van der Waals surface area contributed by atoms with E-state index in [2.05, 4.69) is 15.0 Å². The lowest BCUT2D eigenvalue weighted by atomic mass is 9.93. The highest BCUT2D eigenvalue weighted by Gasteiger charge is 2.52. The van der Waals surface area contributed by atoms with Crippen LogP contribution < -0.4 is 10.6 Å². The van der Waals surface area contributed by atoms with E-state index in [9.17, 15) is 9.59 Å². The van der Waals surface area contributed by atoms with Gasteiger partial charge in [0.05, 0.1) is 6.20 Å². The number of hydrogen-bond donors (Lipinski definition) is 1. The third kappa shape index (κ3) is 1.80. The van der Waals surface area contributed by atoms with Gasteiger partial charge < -0.3 is 10.6 Å². The number of Topliss-reactive ketones (excluding diaryl/α,β-unsaturated/α-hetero) is 1. The van der Waals surface area contributed by atoms with Gasteiger partial charge in [0.15, 0.2) is 5.65 Å². The Balaban J connectivity index is 1.72. The molecule has 1 saturated heterocycles. The lowest BCUT2D eigenvalue weighted by molar-refractivity contribution is -0.124. The predicted octanol–water partition coefficient (Wildman–Crippen LogP) is 0.388. The van der Waals surface area contributed by atoms with Crippen LogP contribution >= 0.6 is 0 Å². The quantitative estimate of drug-likeness (QED) is 0.861. The van der Waals surface area contributed by atoms with Crippen LogP contribution in [0.1, 0.15) is 29.6 Å². The third-order valence-corrected chi connectivity index (χ3v) is 4.49. The monoisotopic (exact) mass is 285 g/mol. The van der Waals surface area contributed by atoms with Crippen molar-refractivity contribution in [3.63, 3.8) is 0 Å². The summed E-state index contributed by atoms with van der Waals surface area (Å²) in [4.78, 5) is 30.0. The molecular weight excluding hydrogens is 270 g/mol. The van der Waals surface area contributed by atoms with Crippen LogP contribution in [0.3, 0.4) is 0 Å². The number of ketones is 1. The highest BCUT2D eigenvalue weighted by atomic mass is 16.1. The first kappa shape index (κ1) is 12.3. The Bertz CT molecular complexity index is 762. The van der Waals surface area contributed by atoms with Crippen molar-refractivity contribution in [3.8, 4) is 0 Å². The Morgan fingerprint density at radius 1 is 1.38 bits per heavy atom. The summed E-state index contributed by atoms with van der Waals surface area (Å²) in [6.45, 7) is 1.39. The van der Waals surface area contributed by atoms with Gasteiger partial charge in [0.1, 0.15) is 17.2 Å². The van der Waals surface area contributed by atoms with E-state index in [0.29, 0.717) is 30.0 Å². The predicted molar refractivity (Wildman–Crippen MR) is 75.0 cm³/mol. The number of fused-ring (bicyclic) bond motifs is 1. The van der Waals surface area contributed by atoms with Gasteiger partial charge in [0.25, 0.3) is 5.91 Å². The molecule has 0 unspecified atom stereocenters. The number of aromatic nitrogens is 3. The largest absolute Gasteiger partial charge is 0.365 e. The number of carbonyl (C=O) groups excluding carboxylic acids is 2. The van der Waals surface area contributed by atoms with Crippen molar-refractivity contribution in [2.75, 3.05) is 18.0 Å². The second-order valence-electron chi connectivity index (χ2n) is 5.85. The van der Waals surface area contributed by atoms with Crippen molar-refractivity contribution >= 4 is 23.2 Å². The molecule has 0 aromatic carbocycles. The minimum absolute atomic E-state index is 0.140. The van der Waals surface area contributed by atoms with Crippen LogP contribution in [0.25, 0.3) is 5.65 Å². The topological polar surface area (TPSA) is 93.6 Å². The fraction of sp³-hybridized carbons (Fsp3) is 0.429. The molecule has 0 radical (unpaired) electrons. The summed E-state index contributed by atoms with van der Waals surface area (Å²) in [5, 5.41) is 4.06. The van der Waals surface area contributed by atoms with E-state index in [0.717, 1.165) is 25.2 Å². The third-order valence-electron chi connectivity index (χ3n) is 4.49. The van der Waals surface area contributed by atoms with Gasteiger partial charge >= 0.3 is 0 Å². The molecule has 7 heteroatoms. The maximum absolute atomic E-state index is 11.9. The maximum atomic E-state index is 11.9. The zero-order valence-electron chi connectivity index (χ0n) is 11.5. The molecule has 1 saturated carbocycles. The van der Waals surface area contributed by atoms with Crippen LogP contribution in [-0.4, -0.2) is 39.4 Å². The van der Waals surface area contributed by atoms with Gasteiger partial charge in [-0.25, -0.2) is 9.50 Å². The Morgan fingerprint density at radius 3 is 2.90 bits per heavy atom. The number of rotatable bonds is 2. The van der Waals surface area contributed by atoms with E-state index >= 15 is 0 Å². The van der Waals surface area contributed by atoms with E-state index in [-0.39, 0.29) is 5.41 Å². The van der Waals surface area contributed by atoms with E-state index < -0.39 is 5.91 Å². The first-order chi connectivity index (χ1) is 10.1. The van der Waals surface area contributed by atoms with Crippen LogP contribution in [0.4, 0.5) is 5.82 Å². The summed E-state index contributed by atoms with van der Waals surface area (Å²) in [6, 6.07) is 1.86. The second-order valence-corrected chi connectivity index (χ2v) is 5.85. The van der Waals surface area contributed by atoms with Crippen molar-refractivity contribution in [2.24, 2.45) is 11.1 Å². The summed E-state index contributed by atoms with van der Waals surface area (Å²) < 4.78 is 1.53. The smallest absolute Gasteiger partial charge is 0.254 e. The number of primary amides is 1. The van der Waals surface area contributed by atoms with Crippen molar-refractivity contribution in [1.82, 2.24) is 14.6 Å². The van der Waals surface area contributed by atoms with Crippen LogP contribution in [-0.2, 0) is 4.79 Å². The molecule has 2 fully saturated rings. The van der Waals surface area contributed by atoms with Gasteiger partial charge in [-0.2, -0.15) is 5.10 Å². The van der Waals surface area contributed by atoms with Crippen molar-refractivity contribution in [2.45, 2.75) is 19.3 Å². The van der Waals surface area contributed by atoms with Gasteiger partial charge in [-0.05, 0) is 18.9 Å². The number of nitrogens with zero attached hydrogens (tertiary/aromatic N) is 4. The molecule has 0 bridgehead atoms. The number of amides is 1. The molecule has 1 amide bonds. The molecule has 2 aromatic heterocycles. The van der Waals surface area contributed by atoms with E-state index in [4.69, 9.17) is 5.73 Å². The van der Waals surface area contributed by atoms with Crippen molar-refractivity contribution < 1.29 is 9.59 Å². The summed E-state index contributed by atoms with van der Waals surface area (Å²) in [7, 11) is 0. The highest BCUT2D eigenvalue weighted by Crippen LogP contribution is 2.50. The number of hydrogen-bond acceptors (Lipinski definition) is 5. The van der Waals surface area contributed by atoms with Gasteiger partial charge in [-0.1, -0.05) is 0 Å². The number of nitrogens with two attached hydrogens (primary N) is 1. The molecule has 21 heavy (non-hydrogen) atoms. The highest BCUT2D eigenvalue weighted by molar-refractivity contribution is 5.98. The SMILES string of the molecule is NC(=O)c1cnn2ccc(N3CCC(=O)C4(CC4)C3)nc12. The fourth-order valence-corrected chi connectivity index (χ4v) is 3.03. The van der Waals surface area contributed by atoms with Crippen LogP contribution in [0, 0.1) is 5.41 Å². The average Bonchev–Trinajstić information content (AvgIpc) is 3.10. The van der Waals surface area contributed by atoms with Crippen LogP contribution in [0.15, 0.2) is 18.5 Å². The Morgan fingerprint density at radius 2 is 2.19 bits per heavy atom. The Hall–Kier alpha value is -2.44. The molecular formula is C14H15N5O2. The van der Waals surface area contributed by atoms with E-state index in [1.54, 1.807) is 6.20 Å². The lowest BCUT2D eigenvalue weighted by Gasteiger charge is -2.32. The molecule has 0 atom stereocenters. The first-order valence-electron chi connectivity index (χ1n) is 7.02. The Labute approximate surface area is 120 Å². The number of carbonyl (C=O) groups is 2. The second kappa shape index (κ2) is 4.03. The van der Waals surface area contributed by atoms with Gasteiger partial charge in [-0.3, -0.25) is 9.59 Å². The average molecular weight is 285 g/mol. The number of anilines is 1. The van der Waals surface area contributed by atoms with Gasteiger partial charge in [-0.15, -0.1) is 0 Å². The minimum atomic E-state index is -0.540. The number of piperidine rings is 1. The first-order valence-corrected chi connectivity index (χ1v) is 7.02. The summed E-state index contributed by atoms with van der Waals surface area (Å²) in [6.07, 6.45) is 5.71. The lowest BCUT2D eigenvalue weighted by Crippen LogP contribution is -2.42. The molecule has 1 aliphatic heterocycles. The van der Waals surface area contributed by atoms with Crippen LogP contribution in [0.5, 0.6) is 0 Å². The molecule has 7 nitrogen and oxygen atoms in total. The molecule has 2 aliphatic rings. The summed E-state index contributed by atoms with van der Waals surface area (Å²) in [5.41, 5.74) is 5.96. The standard InChI is InChI=1S/C14H15N5O2/c15-12(21)9-7-16-19-6-2-11(17-13(9)19)18-5-1-10(20)14(8-18)3-4-14/h2,6-7H,1,3-5,8H2,(H2,15,21). The molecule has 1 aliphatic carbocycles. The molecule has 108 valence electrons. The van der Waals surface area contributed by atoms with Crippen molar-refractivity contribution in [3.05, 3.63) is 24.0 Å². The summed E-state index contributed by atoms with van der Waals surface area (Å²) in [5.74, 6) is 0.605. The zero-order valence-corrected chi connectivity index (χ0v) is 11.5. The van der Waals surface area contributed by atoms with Crippen molar-refractivity contribution in [1.29, 1.82) is 0 Å². The van der Waals surface area contributed by atoms with Gasteiger partial charge in [0.2, 0.25) is 0 Å². The molecule has 3 heterocycles. The normalized spacial score (nSPS) is 20.2. The summed E-state index contributed by atoms with van der Waals surface area (Å²) >= 11 is 0. The Kier molecular flexibility index (Phi) is 2.36. The van der Waals surface area contributed by atoms with Crippen LogP contribution in [0.2, 0.25) is 0 Å². The molecule has 1 spiro atoms. The molecule has 2 N–H and O–H groups in total. The van der Waals surface area contributed by atoms with E-state index in [1.165, 1.54) is 10.7 Å². The maximum Gasteiger partial charge on any atom is 0.254 e. The molecule has 2 aromatic rings. The molecule has 4 rings (SSSR count). The van der Waals surface area contributed by atoms with E-state index in [1.807, 2.05) is 6.07 Å². The van der Waals surface area contributed by atoms with Gasteiger partial charge in [0, 0.05) is 31.1 Å². The minimum Gasteiger partial charge on any atom is -0.365 e. The fourth-order valence-electron chi connectivity index (χ4n) is 3.03. The zero-order chi connectivity index (χ0) is 14.6.